The normalized spacial score (nSPS) is 30.8. The van der Waals surface area contributed by atoms with Gasteiger partial charge in [-0.25, -0.2) is 0 Å². The molecule has 3 nitrogen and oxygen atoms in total. The number of nitrogens with zero attached hydrogens (tertiary/aromatic N) is 1. The third-order valence-corrected chi connectivity index (χ3v) is 5.79. The van der Waals surface area contributed by atoms with E-state index in [-0.39, 0.29) is 5.41 Å². The molecule has 2 aromatic rings. The molecular weight excluding hydrogens is 272 g/mol. The van der Waals surface area contributed by atoms with Crippen molar-refractivity contribution in [2.75, 3.05) is 0 Å². The summed E-state index contributed by atoms with van der Waals surface area (Å²) >= 11 is 6.21. The first-order valence-corrected chi connectivity index (χ1v) is 7.86. The number of H-pyrrole nitrogens is 1. The van der Waals surface area contributed by atoms with Crippen molar-refractivity contribution in [3.05, 3.63) is 28.9 Å². The van der Waals surface area contributed by atoms with Gasteiger partial charge < -0.3 is 5.11 Å². The van der Waals surface area contributed by atoms with Crippen LogP contribution in [0, 0.1) is 11.3 Å². The molecule has 0 amide bonds. The molecule has 1 aromatic heterocycles. The number of hydrogen-bond acceptors (Lipinski definition) is 2. The van der Waals surface area contributed by atoms with Crippen LogP contribution in [0.15, 0.2) is 18.3 Å². The molecule has 1 atom stereocenters. The molecule has 0 aliphatic heterocycles. The molecule has 5 rings (SSSR count). The first kappa shape index (κ1) is 12.7. The van der Waals surface area contributed by atoms with Gasteiger partial charge in [-0.05, 0) is 56.6 Å². The molecule has 3 aliphatic rings. The number of aliphatic hydroxyl groups excluding tert-OH is 1. The molecule has 0 saturated heterocycles. The Balaban J connectivity index is 1.80. The van der Waals surface area contributed by atoms with Gasteiger partial charge in [0, 0.05) is 21.4 Å². The van der Waals surface area contributed by atoms with Gasteiger partial charge >= 0.3 is 0 Å². The maximum absolute atomic E-state index is 11.1. The Bertz CT molecular complexity index is 629. The number of aromatic amines is 1. The van der Waals surface area contributed by atoms with Crippen molar-refractivity contribution < 1.29 is 5.11 Å². The van der Waals surface area contributed by atoms with Crippen molar-refractivity contribution in [1.29, 1.82) is 0 Å². The van der Waals surface area contributed by atoms with E-state index in [1.165, 1.54) is 19.3 Å². The van der Waals surface area contributed by atoms with E-state index in [4.69, 9.17) is 11.6 Å². The number of fused-ring (bicyclic) bond motifs is 4. The Labute approximate surface area is 123 Å². The number of rotatable bonds is 2. The van der Waals surface area contributed by atoms with Crippen LogP contribution in [0.1, 0.15) is 50.2 Å². The lowest BCUT2D eigenvalue weighted by atomic mass is 9.57. The Morgan fingerprint density at radius 3 is 2.65 bits per heavy atom. The van der Waals surface area contributed by atoms with Crippen LogP contribution in [-0.2, 0) is 0 Å². The van der Waals surface area contributed by atoms with Crippen LogP contribution >= 0.6 is 11.6 Å². The smallest absolute Gasteiger partial charge is 0.0867 e. The zero-order valence-electron chi connectivity index (χ0n) is 11.4. The van der Waals surface area contributed by atoms with Crippen molar-refractivity contribution in [3.8, 4) is 0 Å². The summed E-state index contributed by atoms with van der Waals surface area (Å²) in [6.45, 7) is 0. The van der Waals surface area contributed by atoms with Gasteiger partial charge in [0.25, 0.3) is 0 Å². The summed E-state index contributed by atoms with van der Waals surface area (Å²) in [4.78, 5) is 0. The Morgan fingerprint density at radius 2 is 1.95 bits per heavy atom. The van der Waals surface area contributed by atoms with Crippen molar-refractivity contribution in [2.45, 2.75) is 44.6 Å². The predicted octanol–water partition coefficient (Wildman–Crippen LogP) is 4.22. The average Bonchev–Trinajstić information content (AvgIpc) is 2.95. The molecule has 0 radical (unpaired) electrons. The molecule has 2 bridgehead atoms. The van der Waals surface area contributed by atoms with Gasteiger partial charge in [-0.15, -0.1) is 0 Å². The summed E-state index contributed by atoms with van der Waals surface area (Å²) in [5.41, 5.74) is 1.91. The molecule has 1 heterocycles. The van der Waals surface area contributed by atoms with Crippen molar-refractivity contribution in [2.24, 2.45) is 11.3 Å². The molecule has 4 heteroatoms. The van der Waals surface area contributed by atoms with E-state index in [1.807, 2.05) is 12.1 Å². The van der Waals surface area contributed by atoms with Gasteiger partial charge in [0.15, 0.2) is 0 Å². The second-order valence-electron chi connectivity index (χ2n) is 6.58. The summed E-state index contributed by atoms with van der Waals surface area (Å²) < 4.78 is 0. The number of hydrogen-bond donors (Lipinski definition) is 2. The third kappa shape index (κ3) is 1.80. The lowest BCUT2D eigenvalue weighted by molar-refractivity contribution is -0.0550. The first-order chi connectivity index (χ1) is 9.68. The van der Waals surface area contributed by atoms with E-state index in [1.54, 1.807) is 6.20 Å². The van der Waals surface area contributed by atoms with E-state index >= 15 is 0 Å². The molecule has 3 saturated carbocycles. The lowest BCUT2D eigenvalue weighted by Gasteiger charge is -2.49. The highest BCUT2D eigenvalue weighted by Gasteiger charge is 2.46. The predicted molar refractivity (Wildman–Crippen MR) is 79.7 cm³/mol. The molecule has 106 valence electrons. The molecule has 2 N–H and O–H groups in total. The highest BCUT2D eigenvalue weighted by Crippen LogP contribution is 2.56. The van der Waals surface area contributed by atoms with Crippen LogP contribution in [0.4, 0.5) is 0 Å². The number of halogens is 1. The standard InChI is InChI=1S/C16H19ClN2O/c17-12-7-11-9-18-19-14(11)13(8-12)15(20)16-4-1-10(2-5-16)3-6-16/h7-10,15,20H,1-6H2,(H,18,19)/t10?,15-,16?/m1/s1. The SMILES string of the molecule is O[C@H](c1cc(Cl)cc2cn[nH]c12)C12CCC(CC1)CC2. The molecule has 20 heavy (non-hydrogen) atoms. The molecule has 1 aromatic carbocycles. The fraction of sp³-hybridized carbons (Fsp3) is 0.562. The van der Waals surface area contributed by atoms with Gasteiger partial charge in [0.1, 0.15) is 0 Å². The lowest BCUT2D eigenvalue weighted by Crippen LogP contribution is -2.39. The van der Waals surface area contributed by atoms with Crippen LogP contribution in [-0.4, -0.2) is 15.3 Å². The minimum absolute atomic E-state index is 0.0530. The van der Waals surface area contributed by atoms with E-state index < -0.39 is 6.10 Å². The summed E-state index contributed by atoms with van der Waals surface area (Å²) in [6, 6.07) is 3.80. The highest BCUT2D eigenvalue weighted by molar-refractivity contribution is 6.31. The molecule has 3 aliphatic carbocycles. The number of benzene rings is 1. The quantitative estimate of drug-likeness (QED) is 0.870. The van der Waals surface area contributed by atoms with Gasteiger partial charge in [-0.2, -0.15) is 5.10 Å². The molecule has 0 spiro atoms. The number of aliphatic hydroxyl groups is 1. The highest BCUT2D eigenvalue weighted by atomic mass is 35.5. The first-order valence-electron chi connectivity index (χ1n) is 7.49. The monoisotopic (exact) mass is 290 g/mol. The number of aromatic nitrogens is 2. The van der Waals surface area contributed by atoms with Gasteiger partial charge in [-0.3, -0.25) is 5.10 Å². The van der Waals surface area contributed by atoms with Crippen LogP contribution in [0.5, 0.6) is 0 Å². The van der Waals surface area contributed by atoms with Crippen LogP contribution in [0.2, 0.25) is 5.02 Å². The number of nitrogens with one attached hydrogen (secondary N) is 1. The maximum Gasteiger partial charge on any atom is 0.0867 e. The third-order valence-electron chi connectivity index (χ3n) is 5.57. The maximum atomic E-state index is 11.1. The fourth-order valence-corrected chi connectivity index (χ4v) is 4.52. The molecule has 3 fully saturated rings. The summed E-state index contributed by atoms with van der Waals surface area (Å²) in [5.74, 6) is 0.899. The average molecular weight is 291 g/mol. The summed E-state index contributed by atoms with van der Waals surface area (Å²) in [5, 5.41) is 19.8. The van der Waals surface area contributed by atoms with E-state index in [2.05, 4.69) is 10.2 Å². The van der Waals surface area contributed by atoms with Crippen molar-refractivity contribution in [3.63, 3.8) is 0 Å². The van der Waals surface area contributed by atoms with Gasteiger partial charge in [0.2, 0.25) is 0 Å². The van der Waals surface area contributed by atoms with E-state index in [0.29, 0.717) is 5.02 Å². The Kier molecular flexibility index (Phi) is 2.83. The van der Waals surface area contributed by atoms with E-state index in [0.717, 1.165) is 41.6 Å². The summed E-state index contributed by atoms with van der Waals surface area (Å²) in [7, 11) is 0. The largest absolute Gasteiger partial charge is 0.388 e. The zero-order chi connectivity index (χ0) is 13.7. The van der Waals surface area contributed by atoms with Crippen molar-refractivity contribution >= 4 is 22.5 Å². The summed E-state index contributed by atoms with van der Waals surface area (Å²) in [6.07, 6.45) is 8.55. The molecular formula is C16H19ClN2O. The van der Waals surface area contributed by atoms with E-state index in [9.17, 15) is 5.11 Å². The second kappa shape index (κ2) is 4.47. The second-order valence-corrected chi connectivity index (χ2v) is 7.01. The van der Waals surface area contributed by atoms with Gasteiger partial charge in [0.05, 0.1) is 17.8 Å². The van der Waals surface area contributed by atoms with Crippen LogP contribution in [0.3, 0.4) is 0 Å². The zero-order valence-corrected chi connectivity index (χ0v) is 12.2. The fourth-order valence-electron chi connectivity index (χ4n) is 4.29. The minimum Gasteiger partial charge on any atom is -0.388 e. The minimum atomic E-state index is -0.439. The van der Waals surface area contributed by atoms with Gasteiger partial charge in [-0.1, -0.05) is 11.6 Å². The van der Waals surface area contributed by atoms with Crippen molar-refractivity contribution in [1.82, 2.24) is 10.2 Å². The van der Waals surface area contributed by atoms with Crippen LogP contribution < -0.4 is 0 Å². The topological polar surface area (TPSA) is 48.9 Å². The molecule has 0 unspecified atom stereocenters. The van der Waals surface area contributed by atoms with Crippen LogP contribution in [0.25, 0.3) is 10.9 Å². The Morgan fingerprint density at radius 1 is 1.25 bits per heavy atom. The Hall–Kier alpha value is -1.06.